The number of nitrogens with zero attached hydrogens (tertiary/aromatic N) is 3. The number of aryl methyl sites for hydroxylation is 1. The summed E-state index contributed by atoms with van der Waals surface area (Å²) in [5.74, 6) is 0.800. The van der Waals surface area contributed by atoms with E-state index < -0.39 is 0 Å². The maximum absolute atomic E-state index is 13.0. The van der Waals surface area contributed by atoms with Gasteiger partial charge in [0.1, 0.15) is 5.52 Å². The van der Waals surface area contributed by atoms with Gasteiger partial charge in [-0.05, 0) is 43.9 Å². The van der Waals surface area contributed by atoms with E-state index in [4.69, 9.17) is 4.42 Å². The highest BCUT2D eigenvalue weighted by Crippen LogP contribution is 2.40. The molecule has 0 unspecified atom stereocenters. The van der Waals surface area contributed by atoms with Gasteiger partial charge in [-0.15, -0.1) is 0 Å². The number of oxazole rings is 1. The van der Waals surface area contributed by atoms with Gasteiger partial charge in [0.2, 0.25) is 5.91 Å². The van der Waals surface area contributed by atoms with Crippen LogP contribution in [-0.4, -0.2) is 52.8 Å². The zero-order chi connectivity index (χ0) is 18.3. The van der Waals surface area contributed by atoms with Crippen LogP contribution in [0.3, 0.4) is 0 Å². The van der Waals surface area contributed by atoms with E-state index in [1.54, 1.807) is 19.1 Å². The molecule has 0 bridgehead atoms. The van der Waals surface area contributed by atoms with Gasteiger partial charge in [-0.3, -0.25) is 9.59 Å². The number of hydrogen-bond donors (Lipinski definition) is 0. The molecule has 2 aliphatic heterocycles. The second kappa shape index (κ2) is 6.41. The smallest absolute Gasteiger partial charge is 0.254 e. The lowest BCUT2D eigenvalue weighted by Crippen LogP contribution is -2.50. The quantitative estimate of drug-likeness (QED) is 0.849. The van der Waals surface area contributed by atoms with Gasteiger partial charge >= 0.3 is 0 Å². The molecule has 138 valence electrons. The zero-order valence-electron chi connectivity index (χ0n) is 15.5. The summed E-state index contributed by atoms with van der Waals surface area (Å²) < 4.78 is 5.55. The Kier molecular flexibility index (Phi) is 4.21. The van der Waals surface area contributed by atoms with Crippen LogP contribution >= 0.6 is 0 Å². The summed E-state index contributed by atoms with van der Waals surface area (Å²) in [4.78, 5) is 34.1. The first kappa shape index (κ1) is 17.1. The first-order chi connectivity index (χ1) is 12.5. The number of fused-ring (bicyclic) bond motifs is 1. The number of carbonyl (C=O) groups is 2. The minimum atomic E-state index is -0.379. The summed E-state index contributed by atoms with van der Waals surface area (Å²) in [5.41, 5.74) is 1.61. The number of hydrogen-bond acceptors (Lipinski definition) is 4. The van der Waals surface area contributed by atoms with Crippen molar-refractivity contribution in [2.75, 3.05) is 26.2 Å². The molecular formula is C20H25N3O3. The Hall–Kier alpha value is -2.37. The maximum atomic E-state index is 13.0. The van der Waals surface area contributed by atoms with Crippen molar-refractivity contribution in [1.82, 2.24) is 14.8 Å². The summed E-state index contributed by atoms with van der Waals surface area (Å²) in [5, 5.41) is 0. The van der Waals surface area contributed by atoms with Gasteiger partial charge in [0.05, 0.1) is 5.41 Å². The highest BCUT2D eigenvalue weighted by molar-refractivity contribution is 5.98. The average Bonchev–Trinajstić information content (AvgIpc) is 3.21. The fraction of sp³-hybridized carbons (Fsp3) is 0.550. The molecule has 2 saturated heterocycles. The van der Waals surface area contributed by atoms with Crippen LogP contribution in [0.4, 0.5) is 0 Å². The Labute approximate surface area is 153 Å². The molecule has 1 aromatic heterocycles. The second-order valence-electron chi connectivity index (χ2n) is 7.57. The molecule has 1 atom stereocenters. The molecule has 2 aromatic rings. The summed E-state index contributed by atoms with van der Waals surface area (Å²) in [6, 6.07) is 5.37. The molecule has 6 nitrogen and oxygen atoms in total. The van der Waals surface area contributed by atoms with E-state index in [0.717, 1.165) is 44.3 Å². The highest BCUT2D eigenvalue weighted by Gasteiger charge is 2.49. The molecule has 0 N–H and O–H groups in total. The largest absolute Gasteiger partial charge is 0.441 e. The SMILES string of the molecule is CCCN1CCC[C@@]2(CCN(C(=O)c3ccc4nc(C)oc4c3)C2)C1=O. The van der Waals surface area contributed by atoms with E-state index in [1.165, 1.54) is 0 Å². The molecule has 2 fully saturated rings. The van der Waals surface area contributed by atoms with Crippen molar-refractivity contribution in [2.24, 2.45) is 5.41 Å². The predicted octanol–water partition coefficient (Wildman–Crippen LogP) is 3.00. The molecule has 2 amide bonds. The number of rotatable bonds is 3. The van der Waals surface area contributed by atoms with E-state index in [2.05, 4.69) is 11.9 Å². The normalized spacial score (nSPS) is 23.4. The lowest BCUT2D eigenvalue weighted by atomic mass is 9.78. The van der Waals surface area contributed by atoms with E-state index in [1.807, 2.05) is 15.9 Å². The number of aromatic nitrogens is 1. The van der Waals surface area contributed by atoms with Crippen LogP contribution in [0, 0.1) is 12.3 Å². The molecule has 26 heavy (non-hydrogen) atoms. The van der Waals surface area contributed by atoms with Gasteiger partial charge < -0.3 is 14.2 Å². The molecule has 1 spiro atoms. The number of piperidine rings is 1. The summed E-state index contributed by atoms with van der Waals surface area (Å²) in [7, 11) is 0. The van der Waals surface area contributed by atoms with Crippen molar-refractivity contribution in [3.05, 3.63) is 29.7 Å². The zero-order valence-corrected chi connectivity index (χ0v) is 15.5. The van der Waals surface area contributed by atoms with E-state index in [-0.39, 0.29) is 17.2 Å². The van der Waals surface area contributed by atoms with Gasteiger partial charge in [0, 0.05) is 38.7 Å². The Morgan fingerprint density at radius 1 is 1.31 bits per heavy atom. The third-order valence-electron chi connectivity index (χ3n) is 5.70. The van der Waals surface area contributed by atoms with Crippen LogP contribution in [0.1, 0.15) is 48.9 Å². The average molecular weight is 355 g/mol. The molecule has 0 radical (unpaired) electrons. The molecular weight excluding hydrogens is 330 g/mol. The van der Waals surface area contributed by atoms with Crippen LogP contribution in [0.2, 0.25) is 0 Å². The molecule has 6 heteroatoms. The van der Waals surface area contributed by atoms with E-state index >= 15 is 0 Å². The third kappa shape index (κ3) is 2.77. The minimum Gasteiger partial charge on any atom is -0.441 e. The lowest BCUT2D eigenvalue weighted by Gasteiger charge is -2.39. The number of carbonyl (C=O) groups excluding carboxylic acids is 2. The van der Waals surface area contributed by atoms with Crippen LogP contribution in [0.25, 0.3) is 11.1 Å². The van der Waals surface area contributed by atoms with Gasteiger partial charge in [0.25, 0.3) is 5.91 Å². The van der Waals surface area contributed by atoms with Gasteiger partial charge in [-0.2, -0.15) is 0 Å². The molecule has 0 saturated carbocycles. The molecule has 1 aromatic carbocycles. The first-order valence-corrected chi connectivity index (χ1v) is 9.48. The van der Waals surface area contributed by atoms with Crippen molar-refractivity contribution in [2.45, 2.75) is 39.5 Å². The molecule has 2 aliphatic rings. The fourth-order valence-corrected chi connectivity index (χ4v) is 4.42. The fourth-order valence-electron chi connectivity index (χ4n) is 4.42. The van der Waals surface area contributed by atoms with Crippen molar-refractivity contribution >= 4 is 22.9 Å². The van der Waals surface area contributed by atoms with Crippen molar-refractivity contribution in [1.29, 1.82) is 0 Å². The Bertz CT molecular complexity index is 857. The van der Waals surface area contributed by atoms with Crippen LogP contribution < -0.4 is 0 Å². The number of amides is 2. The van der Waals surface area contributed by atoms with Crippen LogP contribution in [0.5, 0.6) is 0 Å². The summed E-state index contributed by atoms with van der Waals surface area (Å²) >= 11 is 0. The summed E-state index contributed by atoms with van der Waals surface area (Å²) in [6.07, 6.45) is 3.65. The maximum Gasteiger partial charge on any atom is 0.254 e. The Balaban J connectivity index is 1.53. The van der Waals surface area contributed by atoms with E-state index in [9.17, 15) is 9.59 Å². The van der Waals surface area contributed by atoms with Crippen LogP contribution in [-0.2, 0) is 4.79 Å². The third-order valence-corrected chi connectivity index (χ3v) is 5.70. The van der Waals surface area contributed by atoms with Gasteiger partial charge in [-0.1, -0.05) is 6.92 Å². The predicted molar refractivity (Wildman–Crippen MR) is 97.8 cm³/mol. The Morgan fingerprint density at radius 2 is 2.15 bits per heavy atom. The van der Waals surface area contributed by atoms with Gasteiger partial charge in [0.15, 0.2) is 11.5 Å². The number of benzene rings is 1. The molecule has 4 rings (SSSR count). The van der Waals surface area contributed by atoms with Crippen LogP contribution in [0.15, 0.2) is 22.6 Å². The van der Waals surface area contributed by atoms with Crippen molar-refractivity contribution < 1.29 is 14.0 Å². The summed E-state index contributed by atoms with van der Waals surface area (Å²) in [6.45, 7) is 6.72. The monoisotopic (exact) mass is 355 g/mol. The van der Waals surface area contributed by atoms with Gasteiger partial charge in [-0.25, -0.2) is 4.98 Å². The first-order valence-electron chi connectivity index (χ1n) is 9.48. The standard InChI is InChI=1S/C20H25N3O3/c1-3-9-22-10-4-7-20(19(22)25)8-11-23(13-20)18(24)15-5-6-16-17(12-15)26-14(2)21-16/h5-6,12H,3-4,7-11,13H2,1-2H3/t20-/m0/s1. The lowest BCUT2D eigenvalue weighted by molar-refractivity contribution is -0.145. The number of likely N-dealkylation sites (tertiary alicyclic amines) is 2. The molecule has 3 heterocycles. The second-order valence-corrected chi connectivity index (χ2v) is 7.57. The highest BCUT2D eigenvalue weighted by atomic mass is 16.3. The van der Waals surface area contributed by atoms with Crippen molar-refractivity contribution in [3.8, 4) is 0 Å². The van der Waals surface area contributed by atoms with E-state index in [0.29, 0.717) is 30.1 Å². The topological polar surface area (TPSA) is 66.7 Å². The Morgan fingerprint density at radius 3 is 2.96 bits per heavy atom. The minimum absolute atomic E-state index is 0.0294. The van der Waals surface area contributed by atoms with Crippen molar-refractivity contribution in [3.63, 3.8) is 0 Å². The molecule has 0 aliphatic carbocycles.